The van der Waals surface area contributed by atoms with Crippen molar-refractivity contribution in [2.24, 2.45) is 0 Å². The van der Waals surface area contributed by atoms with Gasteiger partial charge in [-0.15, -0.1) is 0 Å². The zero-order valence-electron chi connectivity index (χ0n) is 13.8. The van der Waals surface area contributed by atoms with Gasteiger partial charge in [-0.2, -0.15) is 0 Å². The second kappa shape index (κ2) is 7.84. The van der Waals surface area contributed by atoms with Crippen LogP contribution in [0.3, 0.4) is 0 Å². The second-order valence-corrected chi connectivity index (χ2v) is 5.91. The number of nitrogens with one attached hydrogen (secondary N) is 2. The standard InChI is InChI=1S/C18H20ClN3O2/c1-12(16-9-4-5-10-17(16)19)22(3)18(24)21-15-8-6-7-14(11-15)20-13(2)23/h4-12H,1-3H3,(H,20,23)(H,21,24)/t12-/m0/s1. The lowest BCUT2D eigenvalue weighted by Crippen LogP contribution is -2.33. The molecule has 0 aliphatic rings. The molecule has 5 nitrogen and oxygen atoms in total. The first-order valence-corrected chi connectivity index (χ1v) is 7.92. The summed E-state index contributed by atoms with van der Waals surface area (Å²) in [5, 5.41) is 6.12. The topological polar surface area (TPSA) is 61.4 Å². The first-order chi connectivity index (χ1) is 11.4. The molecule has 24 heavy (non-hydrogen) atoms. The van der Waals surface area contributed by atoms with Crippen LogP contribution in [-0.4, -0.2) is 23.9 Å². The van der Waals surface area contributed by atoms with Gasteiger partial charge in [0.05, 0.1) is 6.04 Å². The van der Waals surface area contributed by atoms with Crippen molar-refractivity contribution in [3.63, 3.8) is 0 Å². The van der Waals surface area contributed by atoms with E-state index in [0.717, 1.165) is 5.56 Å². The Balaban J connectivity index is 2.09. The number of nitrogens with zero attached hydrogens (tertiary/aromatic N) is 1. The molecule has 2 N–H and O–H groups in total. The van der Waals surface area contributed by atoms with Gasteiger partial charge in [0, 0.05) is 30.4 Å². The molecular weight excluding hydrogens is 326 g/mol. The molecule has 0 unspecified atom stereocenters. The van der Waals surface area contributed by atoms with E-state index in [0.29, 0.717) is 16.4 Å². The van der Waals surface area contributed by atoms with Gasteiger partial charge in [-0.25, -0.2) is 4.79 Å². The van der Waals surface area contributed by atoms with Gasteiger partial charge >= 0.3 is 6.03 Å². The molecule has 0 aromatic heterocycles. The minimum absolute atomic E-state index is 0.164. The summed E-state index contributed by atoms with van der Waals surface area (Å²) in [6.07, 6.45) is 0. The third kappa shape index (κ3) is 4.49. The van der Waals surface area contributed by atoms with Crippen molar-refractivity contribution in [3.8, 4) is 0 Å². The molecule has 0 aliphatic carbocycles. The van der Waals surface area contributed by atoms with Crippen molar-refractivity contribution in [2.45, 2.75) is 19.9 Å². The van der Waals surface area contributed by atoms with E-state index in [2.05, 4.69) is 10.6 Å². The summed E-state index contributed by atoms with van der Waals surface area (Å²) >= 11 is 6.20. The number of benzene rings is 2. The second-order valence-electron chi connectivity index (χ2n) is 5.50. The molecule has 0 saturated carbocycles. The number of urea groups is 1. The van der Waals surface area contributed by atoms with Crippen LogP contribution in [0.2, 0.25) is 5.02 Å². The fourth-order valence-corrected chi connectivity index (χ4v) is 2.58. The average molecular weight is 346 g/mol. The number of carbonyl (C=O) groups is 2. The van der Waals surface area contributed by atoms with Gasteiger partial charge in [-0.1, -0.05) is 35.9 Å². The first kappa shape index (κ1) is 17.8. The Kier molecular flexibility index (Phi) is 5.82. The SMILES string of the molecule is CC(=O)Nc1cccc(NC(=O)N(C)[C@@H](C)c2ccccc2Cl)c1. The van der Waals surface area contributed by atoms with E-state index < -0.39 is 0 Å². The van der Waals surface area contributed by atoms with Gasteiger partial charge in [0.15, 0.2) is 0 Å². The molecule has 0 spiro atoms. The van der Waals surface area contributed by atoms with Gasteiger partial charge in [0.1, 0.15) is 0 Å². The highest BCUT2D eigenvalue weighted by Crippen LogP contribution is 2.26. The molecule has 126 valence electrons. The molecule has 0 bridgehead atoms. The summed E-state index contributed by atoms with van der Waals surface area (Å²) in [4.78, 5) is 25.1. The lowest BCUT2D eigenvalue weighted by molar-refractivity contribution is -0.114. The van der Waals surface area contributed by atoms with Gasteiger partial charge < -0.3 is 15.5 Å². The number of hydrogen-bond acceptors (Lipinski definition) is 2. The van der Waals surface area contributed by atoms with Crippen LogP contribution in [0.1, 0.15) is 25.5 Å². The third-order valence-corrected chi connectivity index (χ3v) is 4.04. The number of carbonyl (C=O) groups excluding carboxylic acids is 2. The number of rotatable bonds is 4. The van der Waals surface area contributed by atoms with Crippen LogP contribution in [-0.2, 0) is 4.79 Å². The van der Waals surface area contributed by atoms with Crippen LogP contribution in [0.4, 0.5) is 16.2 Å². The Labute approximate surface area is 146 Å². The van der Waals surface area contributed by atoms with Crippen molar-refractivity contribution in [1.82, 2.24) is 4.90 Å². The van der Waals surface area contributed by atoms with E-state index in [9.17, 15) is 9.59 Å². The van der Waals surface area contributed by atoms with Crippen LogP contribution >= 0.6 is 11.6 Å². The largest absolute Gasteiger partial charge is 0.326 e. The fourth-order valence-electron chi connectivity index (χ4n) is 2.29. The molecule has 0 heterocycles. The lowest BCUT2D eigenvalue weighted by Gasteiger charge is -2.26. The molecule has 3 amide bonds. The average Bonchev–Trinajstić information content (AvgIpc) is 2.53. The van der Waals surface area contributed by atoms with E-state index in [4.69, 9.17) is 11.6 Å². The van der Waals surface area contributed by atoms with Crippen LogP contribution in [0.25, 0.3) is 0 Å². The molecular formula is C18H20ClN3O2. The smallest absolute Gasteiger partial charge is 0.322 e. The maximum absolute atomic E-state index is 12.5. The lowest BCUT2D eigenvalue weighted by atomic mass is 10.1. The molecule has 0 saturated heterocycles. The molecule has 2 aromatic rings. The normalized spacial score (nSPS) is 11.5. The molecule has 6 heteroatoms. The zero-order chi connectivity index (χ0) is 17.7. The van der Waals surface area contributed by atoms with Crippen LogP contribution in [0, 0.1) is 0 Å². The molecule has 2 aromatic carbocycles. The van der Waals surface area contributed by atoms with Crippen molar-refractivity contribution in [2.75, 3.05) is 17.7 Å². The summed E-state index contributed by atoms with van der Waals surface area (Å²) in [5.74, 6) is -0.164. The number of hydrogen-bond donors (Lipinski definition) is 2. The van der Waals surface area contributed by atoms with E-state index in [-0.39, 0.29) is 18.0 Å². The van der Waals surface area contributed by atoms with Crippen molar-refractivity contribution < 1.29 is 9.59 Å². The van der Waals surface area contributed by atoms with Crippen LogP contribution in [0.5, 0.6) is 0 Å². The summed E-state index contributed by atoms with van der Waals surface area (Å²) in [5.41, 5.74) is 2.11. The molecule has 1 atom stereocenters. The third-order valence-electron chi connectivity index (χ3n) is 3.69. The summed E-state index contributed by atoms with van der Waals surface area (Å²) in [6.45, 7) is 3.35. The summed E-state index contributed by atoms with van der Waals surface area (Å²) in [6, 6.07) is 14.0. The van der Waals surface area contributed by atoms with Gasteiger partial charge in [0.2, 0.25) is 5.91 Å². The van der Waals surface area contributed by atoms with E-state index in [1.165, 1.54) is 6.92 Å². The maximum Gasteiger partial charge on any atom is 0.322 e. The minimum Gasteiger partial charge on any atom is -0.326 e. The van der Waals surface area contributed by atoms with Crippen molar-refractivity contribution in [1.29, 1.82) is 0 Å². The monoisotopic (exact) mass is 345 g/mol. The molecule has 0 radical (unpaired) electrons. The minimum atomic E-state index is -0.262. The predicted molar refractivity (Wildman–Crippen MR) is 97.4 cm³/mol. The molecule has 0 aliphatic heterocycles. The summed E-state index contributed by atoms with van der Waals surface area (Å²) < 4.78 is 0. The van der Waals surface area contributed by atoms with Crippen LogP contribution < -0.4 is 10.6 Å². The number of halogens is 1. The number of amides is 3. The van der Waals surface area contributed by atoms with Crippen molar-refractivity contribution in [3.05, 3.63) is 59.1 Å². The Bertz CT molecular complexity index is 749. The highest BCUT2D eigenvalue weighted by atomic mass is 35.5. The Morgan fingerprint density at radius 3 is 2.29 bits per heavy atom. The Morgan fingerprint density at radius 1 is 1.04 bits per heavy atom. The maximum atomic E-state index is 12.5. The Hall–Kier alpha value is -2.53. The highest BCUT2D eigenvalue weighted by Gasteiger charge is 2.19. The molecule has 2 rings (SSSR count). The fraction of sp³-hybridized carbons (Fsp3) is 0.222. The van der Waals surface area contributed by atoms with Crippen molar-refractivity contribution >= 4 is 34.9 Å². The van der Waals surface area contributed by atoms with Gasteiger partial charge in [-0.3, -0.25) is 4.79 Å². The predicted octanol–water partition coefficient (Wildman–Crippen LogP) is 4.52. The Morgan fingerprint density at radius 2 is 1.67 bits per heavy atom. The zero-order valence-corrected chi connectivity index (χ0v) is 14.6. The number of anilines is 2. The molecule has 0 fully saturated rings. The summed E-state index contributed by atoms with van der Waals surface area (Å²) in [7, 11) is 1.71. The van der Waals surface area contributed by atoms with E-state index in [1.54, 1.807) is 42.3 Å². The first-order valence-electron chi connectivity index (χ1n) is 7.54. The van der Waals surface area contributed by atoms with E-state index >= 15 is 0 Å². The van der Waals surface area contributed by atoms with Crippen LogP contribution in [0.15, 0.2) is 48.5 Å². The highest BCUT2D eigenvalue weighted by molar-refractivity contribution is 6.31. The van der Waals surface area contributed by atoms with E-state index in [1.807, 2.05) is 25.1 Å². The quantitative estimate of drug-likeness (QED) is 0.855. The van der Waals surface area contributed by atoms with Gasteiger partial charge in [0.25, 0.3) is 0 Å². The van der Waals surface area contributed by atoms with Gasteiger partial charge in [-0.05, 0) is 36.8 Å².